The van der Waals surface area contributed by atoms with Gasteiger partial charge in [0.1, 0.15) is 5.78 Å². The van der Waals surface area contributed by atoms with Crippen molar-refractivity contribution >= 4 is 15.6 Å². The standard InChI is InChI=1S/C13H24O3S/c1-9(2)13(14)11-5-7-12(8-6-11)17(15,16)10(3)4/h9-12H,5-8H2,1-4H3. The molecule has 0 heterocycles. The molecule has 0 unspecified atom stereocenters. The van der Waals surface area contributed by atoms with Crippen molar-refractivity contribution in [2.75, 3.05) is 0 Å². The highest BCUT2D eigenvalue weighted by Gasteiger charge is 2.35. The molecule has 100 valence electrons. The van der Waals surface area contributed by atoms with E-state index in [1.54, 1.807) is 13.8 Å². The predicted octanol–water partition coefficient (Wildman–Crippen LogP) is 2.59. The van der Waals surface area contributed by atoms with Gasteiger partial charge in [-0.25, -0.2) is 8.42 Å². The van der Waals surface area contributed by atoms with Crippen LogP contribution >= 0.6 is 0 Å². The summed E-state index contributed by atoms with van der Waals surface area (Å²) in [6.07, 6.45) is 2.80. The van der Waals surface area contributed by atoms with E-state index in [9.17, 15) is 13.2 Å². The first kappa shape index (κ1) is 14.7. The third-order valence-electron chi connectivity index (χ3n) is 3.77. The first-order valence-electron chi connectivity index (χ1n) is 6.53. The Morgan fingerprint density at radius 2 is 1.47 bits per heavy atom. The highest BCUT2D eigenvalue weighted by molar-refractivity contribution is 7.92. The molecule has 3 nitrogen and oxygen atoms in total. The van der Waals surface area contributed by atoms with Crippen molar-refractivity contribution in [1.82, 2.24) is 0 Å². The molecular formula is C13H24O3S. The predicted molar refractivity (Wildman–Crippen MR) is 69.6 cm³/mol. The molecule has 1 fully saturated rings. The number of carbonyl (C=O) groups is 1. The van der Waals surface area contributed by atoms with Gasteiger partial charge in [0.05, 0.1) is 10.5 Å². The molecule has 0 spiro atoms. The van der Waals surface area contributed by atoms with Crippen molar-refractivity contribution in [1.29, 1.82) is 0 Å². The summed E-state index contributed by atoms with van der Waals surface area (Å²) in [5.41, 5.74) is 0. The van der Waals surface area contributed by atoms with Crippen molar-refractivity contribution in [3.8, 4) is 0 Å². The highest BCUT2D eigenvalue weighted by Crippen LogP contribution is 2.32. The molecular weight excluding hydrogens is 236 g/mol. The molecule has 17 heavy (non-hydrogen) atoms. The Morgan fingerprint density at radius 3 is 1.82 bits per heavy atom. The fourth-order valence-corrected chi connectivity index (χ4v) is 4.23. The Labute approximate surface area is 105 Å². The Kier molecular flexibility index (Phi) is 4.76. The zero-order valence-electron chi connectivity index (χ0n) is 11.3. The molecule has 0 atom stereocenters. The number of hydrogen-bond donors (Lipinski definition) is 0. The minimum atomic E-state index is -2.98. The van der Waals surface area contributed by atoms with Gasteiger partial charge < -0.3 is 0 Å². The van der Waals surface area contributed by atoms with Crippen molar-refractivity contribution in [2.24, 2.45) is 11.8 Å². The number of rotatable bonds is 4. The fourth-order valence-electron chi connectivity index (χ4n) is 2.53. The van der Waals surface area contributed by atoms with E-state index in [0.717, 1.165) is 12.8 Å². The summed E-state index contributed by atoms with van der Waals surface area (Å²) in [6, 6.07) is 0. The van der Waals surface area contributed by atoms with Crippen molar-refractivity contribution < 1.29 is 13.2 Å². The molecule has 0 aromatic heterocycles. The lowest BCUT2D eigenvalue weighted by molar-refractivity contribution is -0.126. The molecule has 0 aliphatic heterocycles. The highest BCUT2D eigenvalue weighted by atomic mass is 32.2. The zero-order valence-corrected chi connectivity index (χ0v) is 12.1. The maximum Gasteiger partial charge on any atom is 0.155 e. The van der Waals surface area contributed by atoms with Gasteiger partial charge in [0.15, 0.2) is 9.84 Å². The monoisotopic (exact) mass is 260 g/mol. The zero-order chi connectivity index (χ0) is 13.2. The first-order chi connectivity index (χ1) is 7.76. The summed E-state index contributed by atoms with van der Waals surface area (Å²) in [6.45, 7) is 7.31. The lowest BCUT2D eigenvalue weighted by Crippen LogP contribution is -2.34. The van der Waals surface area contributed by atoms with Crippen LogP contribution in [0.25, 0.3) is 0 Å². The van der Waals surface area contributed by atoms with E-state index in [2.05, 4.69) is 0 Å². The van der Waals surface area contributed by atoms with Gasteiger partial charge in [-0.05, 0) is 39.5 Å². The minimum absolute atomic E-state index is 0.0678. The van der Waals surface area contributed by atoms with Crippen LogP contribution in [0, 0.1) is 11.8 Å². The van der Waals surface area contributed by atoms with Gasteiger partial charge in [0.2, 0.25) is 0 Å². The molecule has 0 aromatic rings. The topological polar surface area (TPSA) is 51.2 Å². The van der Waals surface area contributed by atoms with Crippen molar-refractivity contribution in [3.63, 3.8) is 0 Å². The molecule has 0 radical (unpaired) electrons. The van der Waals surface area contributed by atoms with Gasteiger partial charge >= 0.3 is 0 Å². The van der Waals surface area contributed by atoms with Crippen LogP contribution in [0.15, 0.2) is 0 Å². The third-order valence-corrected chi connectivity index (χ3v) is 6.48. The summed E-state index contributed by atoms with van der Waals surface area (Å²) < 4.78 is 24.0. The maximum atomic E-state index is 12.0. The Hall–Kier alpha value is -0.380. The van der Waals surface area contributed by atoms with Crippen LogP contribution in [0.2, 0.25) is 0 Å². The summed E-state index contributed by atoms with van der Waals surface area (Å²) in [5.74, 6) is 0.456. The van der Waals surface area contributed by atoms with Gasteiger partial charge in [-0.15, -0.1) is 0 Å². The number of carbonyl (C=O) groups excluding carboxylic acids is 1. The van der Waals surface area contributed by atoms with E-state index in [4.69, 9.17) is 0 Å². The molecule has 1 rings (SSSR count). The summed E-state index contributed by atoms with van der Waals surface area (Å²) >= 11 is 0. The van der Waals surface area contributed by atoms with E-state index in [1.165, 1.54) is 0 Å². The van der Waals surface area contributed by atoms with E-state index in [0.29, 0.717) is 18.6 Å². The number of ketones is 1. The second kappa shape index (κ2) is 5.51. The number of Topliss-reactive ketones (excluding diaryl/α,β-unsaturated/α-hetero) is 1. The van der Waals surface area contributed by atoms with Gasteiger partial charge in [-0.1, -0.05) is 13.8 Å². The second-order valence-electron chi connectivity index (χ2n) is 5.67. The maximum absolute atomic E-state index is 12.0. The van der Waals surface area contributed by atoms with E-state index in [-0.39, 0.29) is 22.3 Å². The molecule has 0 aromatic carbocycles. The lowest BCUT2D eigenvalue weighted by Gasteiger charge is -2.29. The summed E-state index contributed by atoms with van der Waals surface area (Å²) in [4.78, 5) is 11.8. The van der Waals surface area contributed by atoms with Gasteiger partial charge in [-0.3, -0.25) is 4.79 Å². The van der Waals surface area contributed by atoms with Crippen LogP contribution in [0.5, 0.6) is 0 Å². The van der Waals surface area contributed by atoms with E-state index >= 15 is 0 Å². The molecule has 1 aliphatic rings. The van der Waals surface area contributed by atoms with Gasteiger partial charge in [-0.2, -0.15) is 0 Å². The molecule has 1 aliphatic carbocycles. The van der Waals surface area contributed by atoms with Gasteiger partial charge in [0.25, 0.3) is 0 Å². The van der Waals surface area contributed by atoms with Crippen LogP contribution in [-0.2, 0) is 14.6 Å². The minimum Gasteiger partial charge on any atom is -0.299 e. The molecule has 0 saturated heterocycles. The van der Waals surface area contributed by atoms with Gasteiger partial charge in [0, 0.05) is 11.8 Å². The van der Waals surface area contributed by atoms with Crippen molar-refractivity contribution in [2.45, 2.75) is 63.9 Å². The average Bonchev–Trinajstić information content (AvgIpc) is 2.27. The molecule has 0 N–H and O–H groups in total. The van der Waals surface area contributed by atoms with E-state index in [1.807, 2.05) is 13.8 Å². The molecule has 1 saturated carbocycles. The molecule has 4 heteroatoms. The Morgan fingerprint density at radius 1 is 1.00 bits per heavy atom. The third kappa shape index (κ3) is 3.30. The number of hydrogen-bond acceptors (Lipinski definition) is 3. The molecule has 0 bridgehead atoms. The quantitative estimate of drug-likeness (QED) is 0.780. The van der Waals surface area contributed by atoms with Crippen molar-refractivity contribution in [3.05, 3.63) is 0 Å². The fraction of sp³-hybridized carbons (Fsp3) is 0.923. The van der Waals surface area contributed by atoms with Crippen LogP contribution in [0.3, 0.4) is 0 Å². The van der Waals surface area contributed by atoms with Crippen LogP contribution < -0.4 is 0 Å². The normalized spacial score (nSPS) is 26.5. The summed E-state index contributed by atoms with van der Waals surface area (Å²) in [7, 11) is -2.98. The smallest absolute Gasteiger partial charge is 0.155 e. The van der Waals surface area contributed by atoms with Crippen LogP contribution in [-0.4, -0.2) is 24.7 Å². The SMILES string of the molecule is CC(C)C(=O)C1CCC(S(=O)(=O)C(C)C)CC1. The second-order valence-corrected chi connectivity index (χ2v) is 8.46. The van der Waals surface area contributed by atoms with Crippen LogP contribution in [0.1, 0.15) is 53.4 Å². The number of sulfone groups is 1. The largest absolute Gasteiger partial charge is 0.299 e. The molecule has 0 amide bonds. The average molecular weight is 260 g/mol. The summed E-state index contributed by atoms with van der Waals surface area (Å²) in [5, 5.41) is -0.524. The first-order valence-corrected chi connectivity index (χ1v) is 8.14. The van der Waals surface area contributed by atoms with E-state index < -0.39 is 9.84 Å². The van der Waals surface area contributed by atoms with Crippen LogP contribution in [0.4, 0.5) is 0 Å². The lowest BCUT2D eigenvalue weighted by atomic mass is 9.82. The Balaban J connectivity index is 2.61. The Bertz CT molecular complexity index is 360.